The normalized spacial score (nSPS) is 14.6. The SMILES string of the molecule is CN(C)C(C)(COCc1ccccc1)C(=O)O. The lowest BCUT2D eigenvalue weighted by Crippen LogP contribution is -2.52. The van der Waals surface area contributed by atoms with Crippen LogP contribution >= 0.6 is 0 Å². The van der Waals surface area contributed by atoms with Gasteiger partial charge in [-0.15, -0.1) is 0 Å². The van der Waals surface area contributed by atoms with Crippen LogP contribution in [0.25, 0.3) is 0 Å². The van der Waals surface area contributed by atoms with Crippen LogP contribution in [0.1, 0.15) is 12.5 Å². The van der Waals surface area contributed by atoms with E-state index in [0.717, 1.165) is 5.56 Å². The molecule has 94 valence electrons. The van der Waals surface area contributed by atoms with Gasteiger partial charge in [-0.2, -0.15) is 0 Å². The fourth-order valence-corrected chi connectivity index (χ4v) is 1.32. The van der Waals surface area contributed by atoms with Crippen LogP contribution in [0.5, 0.6) is 0 Å². The van der Waals surface area contributed by atoms with E-state index in [1.165, 1.54) is 0 Å². The zero-order valence-electron chi connectivity index (χ0n) is 10.5. The molecule has 0 aromatic heterocycles. The highest BCUT2D eigenvalue weighted by Gasteiger charge is 2.35. The van der Waals surface area contributed by atoms with Crippen molar-refractivity contribution in [3.05, 3.63) is 35.9 Å². The molecule has 0 saturated carbocycles. The Morgan fingerprint density at radius 2 is 1.94 bits per heavy atom. The van der Waals surface area contributed by atoms with Gasteiger partial charge >= 0.3 is 5.97 Å². The lowest BCUT2D eigenvalue weighted by atomic mass is 10.0. The monoisotopic (exact) mass is 237 g/mol. The van der Waals surface area contributed by atoms with E-state index in [1.807, 2.05) is 30.3 Å². The Morgan fingerprint density at radius 1 is 1.35 bits per heavy atom. The number of hydrogen-bond acceptors (Lipinski definition) is 3. The highest BCUT2D eigenvalue weighted by atomic mass is 16.5. The van der Waals surface area contributed by atoms with E-state index in [9.17, 15) is 9.90 Å². The maximum Gasteiger partial charge on any atom is 0.326 e. The number of carbonyl (C=O) groups is 1. The molecule has 0 amide bonds. The van der Waals surface area contributed by atoms with E-state index in [4.69, 9.17) is 4.74 Å². The molecule has 0 fully saturated rings. The minimum Gasteiger partial charge on any atom is -0.480 e. The van der Waals surface area contributed by atoms with Crippen LogP contribution in [-0.4, -0.2) is 42.2 Å². The molecule has 4 heteroatoms. The third-order valence-corrected chi connectivity index (χ3v) is 2.94. The molecule has 0 aliphatic rings. The number of ether oxygens (including phenoxy) is 1. The van der Waals surface area contributed by atoms with Gasteiger partial charge in [-0.05, 0) is 26.6 Å². The number of hydrogen-bond donors (Lipinski definition) is 1. The summed E-state index contributed by atoms with van der Waals surface area (Å²) in [6.45, 7) is 2.24. The second kappa shape index (κ2) is 5.80. The summed E-state index contributed by atoms with van der Waals surface area (Å²) in [6.07, 6.45) is 0. The maximum atomic E-state index is 11.2. The Morgan fingerprint density at radius 3 is 2.41 bits per heavy atom. The molecule has 0 aliphatic heterocycles. The Balaban J connectivity index is 2.52. The molecule has 1 rings (SSSR count). The summed E-state index contributed by atoms with van der Waals surface area (Å²) in [5.74, 6) is -0.879. The minimum absolute atomic E-state index is 0.157. The average Bonchev–Trinajstić information content (AvgIpc) is 2.29. The predicted octanol–water partition coefficient (Wildman–Crippen LogP) is 1.61. The van der Waals surface area contributed by atoms with Crippen molar-refractivity contribution >= 4 is 5.97 Å². The highest BCUT2D eigenvalue weighted by Crippen LogP contribution is 2.13. The van der Waals surface area contributed by atoms with Crippen molar-refractivity contribution in [1.82, 2.24) is 4.90 Å². The number of nitrogens with zero attached hydrogens (tertiary/aromatic N) is 1. The Kier molecular flexibility index (Phi) is 4.66. The van der Waals surface area contributed by atoms with Crippen LogP contribution in [0, 0.1) is 0 Å². The van der Waals surface area contributed by atoms with Gasteiger partial charge in [0.1, 0.15) is 5.54 Å². The molecule has 1 aromatic carbocycles. The summed E-state index contributed by atoms with van der Waals surface area (Å²) in [7, 11) is 3.47. The van der Waals surface area contributed by atoms with Gasteiger partial charge in [0.05, 0.1) is 13.2 Å². The summed E-state index contributed by atoms with van der Waals surface area (Å²) < 4.78 is 5.48. The lowest BCUT2D eigenvalue weighted by Gasteiger charge is -2.31. The smallest absolute Gasteiger partial charge is 0.326 e. The molecule has 0 saturated heterocycles. The van der Waals surface area contributed by atoms with Gasteiger partial charge in [-0.25, -0.2) is 0 Å². The third-order valence-electron chi connectivity index (χ3n) is 2.94. The summed E-state index contributed by atoms with van der Waals surface area (Å²) >= 11 is 0. The molecule has 1 aromatic rings. The summed E-state index contributed by atoms with van der Waals surface area (Å²) in [5.41, 5.74) is 0.0494. The Bertz CT molecular complexity index is 364. The van der Waals surface area contributed by atoms with E-state index in [2.05, 4.69) is 0 Å². The number of rotatable bonds is 6. The van der Waals surface area contributed by atoms with E-state index in [1.54, 1.807) is 25.9 Å². The molecular weight excluding hydrogens is 218 g/mol. The van der Waals surface area contributed by atoms with Crippen LogP contribution in [0.3, 0.4) is 0 Å². The fourth-order valence-electron chi connectivity index (χ4n) is 1.32. The topological polar surface area (TPSA) is 49.8 Å². The number of carboxylic acids is 1. The first-order valence-corrected chi connectivity index (χ1v) is 5.49. The first-order valence-electron chi connectivity index (χ1n) is 5.49. The van der Waals surface area contributed by atoms with Gasteiger partial charge in [0.15, 0.2) is 0 Å². The first kappa shape index (κ1) is 13.7. The van der Waals surface area contributed by atoms with Crippen molar-refractivity contribution in [2.45, 2.75) is 19.1 Å². The fraction of sp³-hybridized carbons (Fsp3) is 0.462. The molecule has 0 aliphatic carbocycles. The van der Waals surface area contributed by atoms with Gasteiger partial charge in [0, 0.05) is 0 Å². The standard InChI is InChI=1S/C13H19NO3/c1-13(12(15)16,14(2)3)10-17-9-11-7-5-4-6-8-11/h4-8H,9-10H2,1-3H3,(H,15,16). The molecule has 1 N–H and O–H groups in total. The van der Waals surface area contributed by atoms with E-state index >= 15 is 0 Å². The van der Waals surface area contributed by atoms with Crippen LogP contribution in [-0.2, 0) is 16.1 Å². The zero-order valence-corrected chi connectivity index (χ0v) is 10.5. The third kappa shape index (κ3) is 3.54. The molecule has 1 unspecified atom stereocenters. The summed E-state index contributed by atoms with van der Waals surface area (Å²) in [5, 5.41) is 9.18. The lowest BCUT2D eigenvalue weighted by molar-refractivity contribution is -0.153. The van der Waals surface area contributed by atoms with Gasteiger partial charge in [-0.3, -0.25) is 9.69 Å². The molecule has 0 radical (unpaired) electrons. The number of carboxylic acid groups (broad SMARTS) is 1. The van der Waals surface area contributed by atoms with Gasteiger partial charge < -0.3 is 9.84 Å². The van der Waals surface area contributed by atoms with Crippen molar-refractivity contribution in [3.8, 4) is 0 Å². The second-order valence-corrected chi connectivity index (χ2v) is 4.45. The summed E-state index contributed by atoms with van der Waals surface area (Å²) in [6, 6.07) is 9.70. The van der Waals surface area contributed by atoms with Crippen LogP contribution in [0.2, 0.25) is 0 Å². The van der Waals surface area contributed by atoms with Crippen molar-refractivity contribution < 1.29 is 14.6 Å². The molecule has 4 nitrogen and oxygen atoms in total. The van der Waals surface area contributed by atoms with Gasteiger partial charge in [0.25, 0.3) is 0 Å². The van der Waals surface area contributed by atoms with Crippen molar-refractivity contribution in [2.75, 3.05) is 20.7 Å². The predicted molar refractivity (Wildman–Crippen MR) is 65.8 cm³/mol. The van der Waals surface area contributed by atoms with Gasteiger partial charge in [0.2, 0.25) is 0 Å². The van der Waals surface area contributed by atoms with Crippen LogP contribution in [0.15, 0.2) is 30.3 Å². The largest absolute Gasteiger partial charge is 0.480 e. The van der Waals surface area contributed by atoms with Crippen LogP contribution in [0.4, 0.5) is 0 Å². The van der Waals surface area contributed by atoms with Crippen molar-refractivity contribution in [2.24, 2.45) is 0 Å². The number of aliphatic carboxylic acids is 1. The molecule has 0 heterocycles. The first-order chi connectivity index (χ1) is 7.97. The molecule has 17 heavy (non-hydrogen) atoms. The second-order valence-electron chi connectivity index (χ2n) is 4.45. The van der Waals surface area contributed by atoms with Crippen LogP contribution < -0.4 is 0 Å². The number of likely N-dealkylation sites (N-methyl/N-ethyl adjacent to an activating group) is 1. The molecule has 0 bridgehead atoms. The zero-order chi connectivity index (χ0) is 12.9. The molecule has 0 spiro atoms. The highest BCUT2D eigenvalue weighted by molar-refractivity contribution is 5.78. The van der Waals surface area contributed by atoms with Crippen molar-refractivity contribution in [1.29, 1.82) is 0 Å². The van der Waals surface area contributed by atoms with E-state index in [0.29, 0.717) is 6.61 Å². The average molecular weight is 237 g/mol. The quantitative estimate of drug-likeness (QED) is 0.816. The Hall–Kier alpha value is -1.39. The van der Waals surface area contributed by atoms with Crippen molar-refractivity contribution in [3.63, 3.8) is 0 Å². The van der Waals surface area contributed by atoms with E-state index < -0.39 is 11.5 Å². The molecule has 1 atom stereocenters. The summed E-state index contributed by atoms with van der Waals surface area (Å²) in [4.78, 5) is 12.8. The molecular formula is C13H19NO3. The van der Waals surface area contributed by atoms with E-state index in [-0.39, 0.29) is 6.61 Å². The maximum absolute atomic E-state index is 11.2. The van der Waals surface area contributed by atoms with Gasteiger partial charge in [-0.1, -0.05) is 30.3 Å². The minimum atomic E-state index is -0.991. The number of benzene rings is 1. The Labute approximate surface area is 102 Å².